The summed E-state index contributed by atoms with van der Waals surface area (Å²) in [5, 5.41) is 26.5. The molecule has 0 heterocycles. The van der Waals surface area contributed by atoms with Gasteiger partial charge in [-0.3, -0.25) is 0 Å². The molecule has 26 heavy (non-hydrogen) atoms. The molecule has 0 amide bonds. The average Bonchev–Trinajstić information content (AvgIpc) is 2.61. The van der Waals surface area contributed by atoms with Crippen molar-refractivity contribution in [1.29, 1.82) is 0 Å². The molecular formula is C20H24O6. The molecule has 2 rings (SSSR count). The molecule has 0 unspecified atom stereocenters. The van der Waals surface area contributed by atoms with Gasteiger partial charge in [0, 0.05) is 0 Å². The Morgan fingerprint density at radius 3 is 2.08 bits per heavy atom. The van der Waals surface area contributed by atoms with Crippen molar-refractivity contribution in [2.45, 2.75) is 33.1 Å². The van der Waals surface area contributed by atoms with Crippen molar-refractivity contribution in [2.75, 3.05) is 6.61 Å². The minimum absolute atomic E-state index is 0.0741. The molecule has 0 aromatic heterocycles. The largest absolute Gasteiger partial charge is 0.508 e. The van der Waals surface area contributed by atoms with E-state index in [0.29, 0.717) is 12.2 Å². The summed E-state index contributed by atoms with van der Waals surface area (Å²) in [4.78, 5) is 21.9. The van der Waals surface area contributed by atoms with Crippen LogP contribution in [0.25, 0.3) is 0 Å². The lowest BCUT2D eigenvalue weighted by atomic mass is 10.0. The Hall–Kier alpha value is -3.02. The number of aromatic hydroxyl groups is 2. The highest BCUT2D eigenvalue weighted by Gasteiger charge is 2.12. The van der Waals surface area contributed by atoms with Gasteiger partial charge in [0.05, 0.1) is 17.7 Å². The summed E-state index contributed by atoms with van der Waals surface area (Å²) in [6.07, 6.45) is 2.51. The van der Waals surface area contributed by atoms with Crippen LogP contribution in [0, 0.1) is 0 Å². The highest BCUT2D eigenvalue weighted by molar-refractivity contribution is 5.91. The number of aryl methyl sites for hydroxylation is 1. The van der Waals surface area contributed by atoms with Crippen molar-refractivity contribution in [3.8, 4) is 11.5 Å². The fourth-order valence-electron chi connectivity index (χ4n) is 2.13. The third-order valence-electron chi connectivity index (χ3n) is 3.38. The fourth-order valence-corrected chi connectivity index (χ4v) is 2.13. The Labute approximate surface area is 152 Å². The maximum Gasteiger partial charge on any atom is 0.338 e. The van der Waals surface area contributed by atoms with Gasteiger partial charge in [0.25, 0.3) is 0 Å². The van der Waals surface area contributed by atoms with Crippen LogP contribution in [0.4, 0.5) is 0 Å². The first-order chi connectivity index (χ1) is 12.4. The van der Waals surface area contributed by atoms with Crippen LogP contribution in [0.2, 0.25) is 0 Å². The van der Waals surface area contributed by atoms with E-state index in [2.05, 4.69) is 0 Å². The van der Waals surface area contributed by atoms with Crippen LogP contribution < -0.4 is 0 Å². The second kappa shape index (κ2) is 10.8. The predicted molar refractivity (Wildman–Crippen MR) is 97.7 cm³/mol. The molecule has 0 aliphatic carbocycles. The smallest absolute Gasteiger partial charge is 0.338 e. The molecule has 0 aliphatic heterocycles. The Morgan fingerprint density at radius 1 is 0.923 bits per heavy atom. The van der Waals surface area contributed by atoms with E-state index < -0.39 is 5.97 Å². The molecule has 0 saturated carbocycles. The Morgan fingerprint density at radius 2 is 1.54 bits per heavy atom. The second-order valence-electron chi connectivity index (χ2n) is 5.58. The van der Waals surface area contributed by atoms with Crippen molar-refractivity contribution >= 4 is 11.9 Å². The van der Waals surface area contributed by atoms with Gasteiger partial charge in [-0.2, -0.15) is 0 Å². The lowest BCUT2D eigenvalue weighted by Crippen LogP contribution is -2.08. The van der Waals surface area contributed by atoms with Crippen LogP contribution >= 0.6 is 0 Å². The first kappa shape index (κ1) is 21.0. The summed E-state index contributed by atoms with van der Waals surface area (Å²) in [6, 6.07) is 10.1. The van der Waals surface area contributed by atoms with Crippen LogP contribution in [0.3, 0.4) is 0 Å². The van der Waals surface area contributed by atoms with Gasteiger partial charge in [0.2, 0.25) is 0 Å². The number of esters is 1. The highest BCUT2D eigenvalue weighted by Crippen LogP contribution is 2.19. The number of hydrogen-bond acceptors (Lipinski definition) is 5. The van der Waals surface area contributed by atoms with Gasteiger partial charge >= 0.3 is 11.9 Å². The third kappa shape index (κ3) is 6.84. The van der Waals surface area contributed by atoms with E-state index in [0.717, 1.165) is 24.8 Å². The summed E-state index contributed by atoms with van der Waals surface area (Å²) < 4.78 is 5.08. The van der Waals surface area contributed by atoms with E-state index >= 15 is 0 Å². The topological polar surface area (TPSA) is 104 Å². The van der Waals surface area contributed by atoms with Gasteiger partial charge in [-0.1, -0.05) is 20.3 Å². The van der Waals surface area contributed by atoms with Crippen LogP contribution in [-0.4, -0.2) is 33.9 Å². The van der Waals surface area contributed by atoms with Crippen molar-refractivity contribution in [1.82, 2.24) is 0 Å². The standard InChI is InChI=1S/C13H18O3.C7H6O3/c1-3-5-10-9-11(14)6-7-12(10)13(15)16-8-4-2;8-6-3-1-5(2-4-6)7(9)10/h6-7,9,14H,3-5,8H2,1-2H3;1-4,8H,(H,9,10). The molecule has 2 aromatic rings. The fraction of sp³-hybridized carbons (Fsp3) is 0.300. The zero-order valence-corrected chi connectivity index (χ0v) is 14.9. The van der Waals surface area contributed by atoms with Gasteiger partial charge in [-0.15, -0.1) is 0 Å². The molecule has 2 aromatic carbocycles. The molecule has 0 atom stereocenters. The Bertz CT molecular complexity index is 722. The summed E-state index contributed by atoms with van der Waals surface area (Å²) in [5.74, 6) is -1.02. The summed E-state index contributed by atoms with van der Waals surface area (Å²) >= 11 is 0. The molecule has 3 N–H and O–H groups in total. The quantitative estimate of drug-likeness (QED) is 0.673. The van der Waals surface area contributed by atoms with E-state index in [1.165, 1.54) is 30.3 Å². The molecule has 0 fully saturated rings. The minimum Gasteiger partial charge on any atom is -0.508 e. The van der Waals surface area contributed by atoms with Crippen LogP contribution in [0.15, 0.2) is 42.5 Å². The number of hydrogen-bond donors (Lipinski definition) is 3. The first-order valence-corrected chi connectivity index (χ1v) is 8.40. The molecule has 0 saturated heterocycles. The SMILES string of the molecule is CCCOC(=O)c1ccc(O)cc1CCC.O=C(O)c1ccc(O)cc1. The summed E-state index contributed by atoms with van der Waals surface area (Å²) in [5.41, 5.74) is 1.59. The maximum absolute atomic E-state index is 11.7. The number of benzene rings is 2. The third-order valence-corrected chi connectivity index (χ3v) is 3.38. The Balaban J connectivity index is 0.000000289. The van der Waals surface area contributed by atoms with Crippen LogP contribution in [0.5, 0.6) is 11.5 Å². The van der Waals surface area contributed by atoms with Crippen LogP contribution in [-0.2, 0) is 11.2 Å². The first-order valence-electron chi connectivity index (χ1n) is 8.40. The molecule has 0 radical (unpaired) electrons. The van der Waals surface area contributed by atoms with E-state index in [9.17, 15) is 14.7 Å². The number of aromatic carboxylic acids is 1. The zero-order valence-electron chi connectivity index (χ0n) is 14.9. The monoisotopic (exact) mass is 360 g/mol. The Kier molecular flexibility index (Phi) is 8.70. The van der Waals surface area contributed by atoms with E-state index in [4.69, 9.17) is 14.9 Å². The summed E-state index contributed by atoms with van der Waals surface area (Å²) in [7, 11) is 0. The number of phenolic OH excluding ortho intramolecular Hbond substituents is 2. The number of carboxylic acids is 1. The van der Waals surface area contributed by atoms with Gasteiger partial charge in [0.1, 0.15) is 11.5 Å². The van der Waals surface area contributed by atoms with Gasteiger partial charge in [0.15, 0.2) is 0 Å². The number of carbonyl (C=O) groups is 2. The molecule has 0 bridgehead atoms. The molecule has 0 spiro atoms. The van der Waals surface area contributed by atoms with E-state index in [1.807, 2.05) is 13.8 Å². The minimum atomic E-state index is -0.986. The lowest BCUT2D eigenvalue weighted by Gasteiger charge is -2.08. The van der Waals surface area contributed by atoms with E-state index in [1.54, 1.807) is 12.1 Å². The number of carbonyl (C=O) groups excluding carboxylic acids is 1. The van der Waals surface area contributed by atoms with E-state index in [-0.39, 0.29) is 23.0 Å². The summed E-state index contributed by atoms with van der Waals surface area (Å²) in [6.45, 7) is 4.42. The number of rotatable bonds is 6. The van der Waals surface area contributed by atoms with Crippen molar-refractivity contribution in [3.63, 3.8) is 0 Å². The van der Waals surface area contributed by atoms with Gasteiger partial charge < -0.3 is 20.1 Å². The highest BCUT2D eigenvalue weighted by atomic mass is 16.5. The number of carboxylic acid groups (broad SMARTS) is 1. The van der Waals surface area contributed by atoms with Crippen molar-refractivity contribution in [3.05, 3.63) is 59.2 Å². The predicted octanol–water partition coefficient (Wildman–Crippen LogP) is 4.00. The van der Waals surface area contributed by atoms with Gasteiger partial charge in [-0.05, 0) is 60.9 Å². The molecule has 6 nitrogen and oxygen atoms in total. The van der Waals surface area contributed by atoms with Crippen LogP contribution in [0.1, 0.15) is 53.0 Å². The van der Waals surface area contributed by atoms with Crippen molar-refractivity contribution in [2.24, 2.45) is 0 Å². The number of ether oxygens (including phenoxy) is 1. The molecule has 140 valence electrons. The van der Waals surface area contributed by atoms with Gasteiger partial charge in [-0.25, -0.2) is 9.59 Å². The second-order valence-corrected chi connectivity index (χ2v) is 5.58. The normalized spacial score (nSPS) is 9.77. The zero-order chi connectivity index (χ0) is 19.5. The number of phenols is 2. The van der Waals surface area contributed by atoms with Crippen molar-refractivity contribution < 1.29 is 29.6 Å². The average molecular weight is 360 g/mol. The molecule has 6 heteroatoms. The lowest BCUT2D eigenvalue weighted by molar-refractivity contribution is 0.0503. The molecular weight excluding hydrogens is 336 g/mol. The maximum atomic E-state index is 11.7. The molecule has 0 aliphatic rings.